The average Bonchev–Trinajstić information content (AvgIpc) is 2.69. The number of carbonyl (C=O) groups excluding carboxylic acids is 1. The van der Waals surface area contributed by atoms with E-state index in [1.54, 1.807) is 24.3 Å². The minimum absolute atomic E-state index is 0.241. The summed E-state index contributed by atoms with van der Waals surface area (Å²) >= 11 is 0. The zero-order valence-corrected chi connectivity index (χ0v) is 14.3. The van der Waals surface area contributed by atoms with Crippen LogP contribution in [-0.4, -0.2) is 60.2 Å². The normalized spacial score (nSPS) is 14.4. The molecule has 26 heavy (non-hydrogen) atoms. The zero-order valence-electron chi connectivity index (χ0n) is 14.3. The first kappa shape index (κ1) is 17.8. The Balaban J connectivity index is 1.55. The van der Waals surface area contributed by atoms with Gasteiger partial charge in [0.25, 0.3) is 5.91 Å². The van der Waals surface area contributed by atoms with Gasteiger partial charge in [0.05, 0.1) is 24.8 Å². The minimum Gasteiger partial charge on any atom is -0.379 e. The maximum Gasteiger partial charge on any atom is 0.270 e. The predicted molar refractivity (Wildman–Crippen MR) is 96.1 cm³/mol. The van der Waals surface area contributed by atoms with Crippen LogP contribution in [0, 0.1) is 11.3 Å². The lowest BCUT2D eigenvalue weighted by Crippen LogP contribution is -2.41. The van der Waals surface area contributed by atoms with E-state index in [4.69, 9.17) is 10.00 Å². The number of amides is 1. The standard InChI is InChI=1S/C18H20N6O2/c19-12-14-2-1-3-15(10-14)23-17-11-16(21-13-22-17)18(25)20-4-5-24-6-8-26-9-7-24/h1-3,10-11,13H,4-9H2,(H,20,25)(H,21,22,23). The number of nitrogens with one attached hydrogen (secondary N) is 2. The van der Waals surface area contributed by atoms with E-state index >= 15 is 0 Å². The molecule has 0 saturated carbocycles. The lowest BCUT2D eigenvalue weighted by atomic mass is 10.2. The Kier molecular flexibility index (Phi) is 6.09. The van der Waals surface area contributed by atoms with Crippen LogP contribution >= 0.6 is 0 Å². The van der Waals surface area contributed by atoms with E-state index in [2.05, 4.69) is 31.6 Å². The molecule has 8 heteroatoms. The Bertz CT molecular complexity index is 798. The van der Waals surface area contributed by atoms with Crippen molar-refractivity contribution in [2.24, 2.45) is 0 Å². The summed E-state index contributed by atoms with van der Waals surface area (Å²) in [5.74, 6) is 0.253. The van der Waals surface area contributed by atoms with Gasteiger partial charge in [0.1, 0.15) is 17.8 Å². The first-order chi connectivity index (χ1) is 12.7. The van der Waals surface area contributed by atoms with Gasteiger partial charge in [-0.05, 0) is 18.2 Å². The summed E-state index contributed by atoms with van der Waals surface area (Å²) in [7, 11) is 0. The molecule has 0 unspecified atom stereocenters. The van der Waals surface area contributed by atoms with Crippen LogP contribution in [0.4, 0.5) is 11.5 Å². The molecule has 8 nitrogen and oxygen atoms in total. The fourth-order valence-electron chi connectivity index (χ4n) is 2.61. The number of morpholine rings is 1. The van der Waals surface area contributed by atoms with Gasteiger partial charge < -0.3 is 15.4 Å². The molecule has 134 valence electrons. The van der Waals surface area contributed by atoms with E-state index in [9.17, 15) is 4.79 Å². The van der Waals surface area contributed by atoms with E-state index in [0.717, 1.165) is 38.5 Å². The van der Waals surface area contributed by atoms with Crippen LogP contribution in [0.3, 0.4) is 0 Å². The summed E-state index contributed by atoms with van der Waals surface area (Å²) < 4.78 is 5.30. The van der Waals surface area contributed by atoms with Crippen LogP contribution in [0.25, 0.3) is 0 Å². The van der Waals surface area contributed by atoms with Gasteiger partial charge in [-0.2, -0.15) is 5.26 Å². The number of ether oxygens (including phenoxy) is 1. The minimum atomic E-state index is -0.241. The van der Waals surface area contributed by atoms with Gasteiger partial charge in [-0.1, -0.05) is 6.07 Å². The molecule has 1 aromatic carbocycles. The van der Waals surface area contributed by atoms with Crippen molar-refractivity contribution >= 4 is 17.4 Å². The number of nitriles is 1. The summed E-state index contributed by atoms with van der Waals surface area (Å²) in [5, 5.41) is 14.9. The lowest BCUT2D eigenvalue weighted by molar-refractivity contribution is 0.0383. The lowest BCUT2D eigenvalue weighted by Gasteiger charge is -2.26. The fourth-order valence-corrected chi connectivity index (χ4v) is 2.61. The van der Waals surface area contributed by atoms with E-state index in [1.807, 2.05) is 6.07 Å². The molecule has 0 atom stereocenters. The van der Waals surface area contributed by atoms with Crippen LogP contribution in [0.5, 0.6) is 0 Å². The highest BCUT2D eigenvalue weighted by molar-refractivity contribution is 5.92. The van der Waals surface area contributed by atoms with Crippen molar-refractivity contribution in [1.82, 2.24) is 20.2 Å². The molecule has 1 saturated heterocycles. The Morgan fingerprint density at radius 1 is 1.27 bits per heavy atom. The molecule has 1 aliphatic rings. The quantitative estimate of drug-likeness (QED) is 0.804. The molecule has 1 amide bonds. The fraction of sp³-hybridized carbons (Fsp3) is 0.333. The highest BCUT2D eigenvalue weighted by Gasteiger charge is 2.12. The molecule has 0 spiro atoms. The third-order valence-electron chi connectivity index (χ3n) is 3.98. The maximum absolute atomic E-state index is 12.3. The largest absolute Gasteiger partial charge is 0.379 e. The number of hydrogen-bond donors (Lipinski definition) is 2. The van der Waals surface area contributed by atoms with Crippen LogP contribution < -0.4 is 10.6 Å². The molecule has 3 rings (SSSR count). The monoisotopic (exact) mass is 352 g/mol. The van der Waals surface area contributed by atoms with Gasteiger partial charge in [0.2, 0.25) is 0 Å². The Labute approximate surface area is 151 Å². The Morgan fingerprint density at radius 2 is 2.12 bits per heavy atom. The molecular formula is C18H20N6O2. The highest BCUT2D eigenvalue weighted by Crippen LogP contribution is 2.15. The molecular weight excluding hydrogens is 332 g/mol. The molecule has 1 aromatic heterocycles. The smallest absolute Gasteiger partial charge is 0.270 e. The third-order valence-corrected chi connectivity index (χ3v) is 3.98. The van der Waals surface area contributed by atoms with Crippen molar-refractivity contribution in [1.29, 1.82) is 5.26 Å². The van der Waals surface area contributed by atoms with Crippen molar-refractivity contribution in [3.05, 3.63) is 47.9 Å². The summed E-state index contributed by atoms with van der Waals surface area (Å²) in [5.41, 5.74) is 1.56. The van der Waals surface area contributed by atoms with E-state index in [0.29, 0.717) is 23.6 Å². The van der Waals surface area contributed by atoms with Gasteiger partial charge in [0.15, 0.2) is 0 Å². The second-order valence-electron chi connectivity index (χ2n) is 5.82. The van der Waals surface area contributed by atoms with Crippen LogP contribution in [-0.2, 0) is 4.74 Å². The summed E-state index contributed by atoms with van der Waals surface area (Å²) in [6.45, 7) is 4.59. The van der Waals surface area contributed by atoms with Crippen molar-refractivity contribution in [2.75, 3.05) is 44.7 Å². The third kappa shape index (κ3) is 4.99. The number of anilines is 2. The zero-order chi connectivity index (χ0) is 18.2. The topological polar surface area (TPSA) is 103 Å². The molecule has 0 aliphatic carbocycles. The molecule has 2 heterocycles. The van der Waals surface area contributed by atoms with Gasteiger partial charge >= 0.3 is 0 Å². The van der Waals surface area contributed by atoms with Crippen molar-refractivity contribution in [3.63, 3.8) is 0 Å². The van der Waals surface area contributed by atoms with E-state index in [-0.39, 0.29) is 5.91 Å². The van der Waals surface area contributed by atoms with Gasteiger partial charge in [-0.25, -0.2) is 9.97 Å². The second-order valence-corrected chi connectivity index (χ2v) is 5.82. The number of carbonyl (C=O) groups is 1. The van der Waals surface area contributed by atoms with E-state index < -0.39 is 0 Å². The molecule has 0 bridgehead atoms. The molecule has 1 fully saturated rings. The van der Waals surface area contributed by atoms with Gasteiger partial charge in [0, 0.05) is 37.9 Å². The highest BCUT2D eigenvalue weighted by atomic mass is 16.5. The summed E-state index contributed by atoms with van der Waals surface area (Å²) in [4.78, 5) is 22.7. The number of aromatic nitrogens is 2. The van der Waals surface area contributed by atoms with Gasteiger partial charge in [-0.15, -0.1) is 0 Å². The maximum atomic E-state index is 12.3. The molecule has 1 aliphatic heterocycles. The summed E-state index contributed by atoms with van der Waals surface area (Å²) in [6, 6.07) is 10.7. The predicted octanol–water partition coefficient (Wildman–Crippen LogP) is 1.15. The molecule has 2 aromatic rings. The summed E-state index contributed by atoms with van der Waals surface area (Å²) in [6.07, 6.45) is 1.34. The number of nitrogens with zero attached hydrogens (tertiary/aromatic N) is 4. The Hall–Kier alpha value is -3.02. The van der Waals surface area contributed by atoms with Crippen LogP contribution in [0.2, 0.25) is 0 Å². The number of hydrogen-bond acceptors (Lipinski definition) is 7. The van der Waals surface area contributed by atoms with Crippen LogP contribution in [0.1, 0.15) is 16.1 Å². The first-order valence-corrected chi connectivity index (χ1v) is 8.42. The van der Waals surface area contributed by atoms with Gasteiger partial charge in [-0.3, -0.25) is 9.69 Å². The van der Waals surface area contributed by atoms with E-state index in [1.165, 1.54) is 6.33 Å². The van der Waals surface area contributed by atoms with Crippen molar-refractivity contribution in [2.45, 2.75) is 0 Å². The first-order valence-electron chi connectivity index (χ1n) is 8.42. The Morgan fingerprint density at radius 3 is 2.92 bits per heavy atom. The average molecular weight is 352 g/mol. The second kappa shape index (κ2) is 8.89. The molecule has 2 N–H and O–H groups in total. The van der Waals surface area contributed by atoms with Crippen LogP contribution in [0.15, 0.2) is 36.7 Å². The number of benzene rings is 1. The number of rotatable bonds is 6. The van der Waals surface area contributed by atoms with Crippen molar-refractivity contribution in [3.8, 4) is 6.07 Å². The van der Waals surface area contributed by atoms with Crippen molar-refractivity contribution < 1.29 is 9.53 Å². The molecule has 0 radical (unpaired) electrons. The SMILES string of the molecule is N#Cc1cccc(Nc2cc(C(=O)NCCN3CCOCC3)ncn2)c1.